The van der Waals surface area contributed by atoms with Crippen LogP contribution < -0.4 is 10.2 Å². The molecule has 5 aromatic rings. The first-order valence-corrected chi connectivity index (χ1v) is 16.4. The highest BCUT2D eigenvalue weighted by atomic mass is 32.1. The second kappa shape index (κ2) is 11.4. The van der Waals surface area contributed by atoms with Crippen molar-refractivity contribution in [3.05, 3.63) is 58.2 Å². The van der Waals surface area contributed by atoms with Crippen LogP contribution in [0, 0.1) is 4.51 Å². The topological polar surface area (TPSA) is 62.4 Å². The van der Waals surface area contributed by atoms with E-state index in [0.717, 1.165) is 85.1 Å². The molecule has 0 spiro atoms. The Hall–Kier alpha value is -3.34. The van der Waals surface area contributed by atoms with E-state index in [1.165, 1.54) is 32.1 Å². The number of rotatable bonds is 6. The first-order chi connectivity index (χ1) is 20.5. The maximum Gasteiger partial charge on any atom is 0.229 e. The standard InChI is InChI=1S/C32H34N6OS3/c1-36(2)31(41)25-16-21-18-33-32(35-30(21)38(25)23-8-4-5-9-23)34-22-12-10-20(11-13-22)24-19-42-29-26(40)17-27(39-28(24)29)37-14-6-3-7-15-37/h10-13,16-19,23H,3-9,14-15H2,1-2H3,(H,33,34,35). The zero-order valence-electron chi connectivity index (χ0n) is 23.9. The monoisotopic (exact) mass is 614 g/mol. The van der Waals surface area contributed by atoms with Gasteiger partial charge in [0.05, 0.1) is 14.9 Å². The van der Waals surface area contributed by atoms with E-state index in [2.05, 4.69) is 55.5 Å². The van der Waals surface area contributed by atoms with Gasteiger partial charge in [0, 0.05) is 67.5 Å². The van der Waals surface area contributed by atoms with Gasteiger partial charge in [0.15, 0.2) is 11.5 Å². The molecule has 1 saturated carbocycles. The summed E-state index contributed by atoms with van der Waals surface area (Å²) in [5, 5.41) is 6.59. The first-order valence-electron chi connectivity index (χ1n) is 14.7. The summed E-state index contributed by atoms with van der Waals surface area (Å²) in [5.74, 6) is 1.46. The van der Waals surface area contributed by atoms with Crippen LogP contribution in [-0.4, -0.2) is 51.6 Å². The van der Waals surface area contributed by atoms with Gasteiger partial charge in [-0.05, 0) is 55.9 Å². The molecule has 1 aliphatic heterocycles. The van der Waals surface area contributed by atoms with Crippen molar-refractivity contribution in [2.24, 2.45) is 0 Å². The molecule has 0 bridgehead atoms. The summed E-state index contributed by atoms with van der Waals surface area (Å²) >= 11 is 13.2. The van der Waals surface area contributed by atoms with Crippen LogP contribution in [0.25, 0.3) is 32.4 Å². The van der Waals surface area contributed by atoms with Crippen LogP contribution in [0.15, 0.2) is 52.4 Å². The Morgan fingerprint density at radius 3 is 2.55 bits per heavy atom. The normalized spacial score (nSPS) is 16.0. The quantitative estimate of drug-likeness (QED) is 0.191. The molecule has 1 aromatic carbocycles. The van der Waals surface area contributed by atoms with Crippen molar-refractivity contribution < 1.29 is 4.42 Å². The zero-order valence-corrected chi connectivity index (χ0v) is 26.4. The molecule has 1 N–H and O–H groups in total. The Kier molecular flexibility index (Phi) is 7.46. The molecule has 5 heterocycles. The number of thiophene rings is 1. The van der Waals surface area contributed by atoms with E-state index >= 15 is 0 Å². The molecule has 1 aliphatic carbocycles. The van der Waals surface area contributed by atoms with Crippen molar-refractivity contribution in [3.63, 3.8) is 0 Å². The summed E-state index contributed by atoms with van der Waals surface area (Å²) in [6, 6.07) is 12.9. The lowest BCUT2D eigenvalue weighted by Crippen LogP contribution is -2.29. The highest BCUT2D eigenvalue weighted by Gasteiger charge is 2.25. The molecular formula is C32H34N6OS3. The first kappa shape index (κ1) is 27.5. The van der Waals surface area contributed by atoms with Crippen molar-refractivity contribution in [1.82, 2.24) is 19.4 Å². The Morgan fingerprint density at radius 1 is 1.05 bits per heavy atom. The maximum atomic E-state index is 6.48. The summed E-state index contributed by atoms with van der Waals surface area (Å²) in [6.45, 7) is 2.04. The van der Waals surface area contributed by atoms with Gasteiger partial charge in [-0.1, -0.05) is 49.4 Å². The van der Waals surface area contributed by atoms with E-state index in [9.17, 15) is 0 Å². The third-order valence-corrected chi connectivity index (χ3v) is 10.5. The lowest BCUT2D eigenvalue weighted by Gasteiger charge is -2.27. The molecule has 216 valence electrons. The second-order valence-corrected chi connectivity index (χ2v) is 13.2. The predicted octanol–water partition coefficient (Wildman–Crippen LogP) is 8.72. The van der Waals surface area contributed by atoms with Gasteiger partial charge in [-0.15, -0.1) is 11.3 Å². The maximum absolute atomic E-state index is 6.48. The van der Waals surface area contributed by atoms with Gasteiger partial charge in [-0.3, -0.25) is 0 Å². The Balaban J connectivity index is 1.18. The van der Waals surface area contributed by atoms with Crippen LogP contribution in [0.4, 0.5) is 17.5 Å². The summed E-state index contributed by atoms with van der Waals surface area (Å²) in [7, 11) is 4.00. The summed E-state index contributed by atoms with van der Waals surface area (Å²) in [4.78, 5) is 14.8. The minimum absolute atomic E-state index is 0.411. The number of nitrogens with one attached hydrogen (secondary N) is 1. The third-order valence-electron chi connectivity index (χ3n) is 8.44. The molecule has 2 aliphatic rings. The minimum atomic E-state index is 0.411. The van der Waals surface area contributed by atoms with Crippen LogP contribution >= 0.6 is 35.8 Å². The lowest BCUT2D eigenvalue weighted by atomic mass is 10.1. The number of piperidine rings is 1. The van der Waals surface area contributed by atoms with Gasteiger partial charge < -0.3 is 24.1 Å². The second-order valence-electron chi connectivity index (χ2n) is 11.5. The largest absolute Gasteiger partial charge is 0.439 e. The average molecular weight is 615 g/mol. The molecule has 1 saturated heterocycles. The molecule has 0 unspecified atom stereocenters. The number of hydrogen-bond acceptors (Lipinski definition) is 8. The minimum Gasteiger partial charge on any atom is -0.439 e. The lowest BCUT2D eigenvalue weighted by molar-refractivity contribution is 0.514. The molecular weight excluding hydrogens is 581 g/mol. The number of hydrogen-bond donors (Lipinski definition) is 1. The Morgan fingerprint density at radius 2 is 1.81 bits per heavy atom. The fraction of sp³-hybridized carbons (Fsp3) is 0.375. The van der Waals surface area contributed by atoms with Crippen molar-refractivity contribution in [1.29, 1.82) is 0 Å². The van der Waals surface area contributed by atoms with Gasteiger partial charge >= 0.3 is 0 Å². The molecule has 7 rings (SSSR count). The van der Waals surface area contributed by atoms with Gasteiger partial charge in [-0.25, -0.2) is 4.98 Å². The molecule has 0 radical (unpaired) electrons. The highest BCUT2D eigenvalue weighted by molar-refractivity contribution is 7.80. The fourth-order valence-corrected chi connectivity index (χ4v) is 7.66. The van der Waals surface area contributed by atoms with E-state index in [-0.39, 0.29) is 0 Å². The van der Waals surface area contributed by atoms with E-state index in [1.807, 2.05) is 31.3 Å². The van der Waals surface area contributed by atoms with Crippen molar-refractivity contribution in [2.45, 2.75) is 51.0 Å². The van der Waals surface area contributed by atoms with E-state index in [0.29, 0.717) is 12.0 Å². The number of anilines is 3. The average Bonchev–Trinajstić information content (AvgIpc) is 3.76. The molecule has 42 heavy (non-hydrogen) atoms. The number of aromatic nitrogens is 3. The summed E-state index contributed by atoms with van der Waals surface area (Å²) in [6.07, 6.45) is 10.3. The van der Waals surface area contributed by atoms with Crippen LogP contribution in [0.5, 0.6) is 0 Å². The summed E-state index contributed by atoms with van der Waals surface area (Å²) in [5.41, 5.74) is 5.95. The van der Waals surface area contributed by atoms with Gasteiger partial charge in [0.2, 0.25) is 5.95 Å². The van der Waals surface area contributed by atoms with Gasteiger partial charge in [0.25, 0.3) is 0 Å². The Bertz CT molecular complexity index is 1830. The SMILES string of the molecule is CN(C)C(=S)c1cc2cnc(Nc3ccc(-c4csc5c(=S)cc(N6CCCCC6)oc45)cc3)nc2n1C1CCCC1. The number of nitrogens with zero attached hydrogens (tertiary/aromatic N) is 5. The van der Waals surface area contributed by atoms with Crippen LogP contribution in [0.3, 0.4) is 0 Å². The van der Waals surface area contributed by atoms with Crippen LogP contribution in [-0.2, 0) is 0 Å². The molecule has 2 fully saturated rings. The summed E-state index contributed by atoms with van der Waals surface area (Å²) < 4.78 is 10.7. The zero-order chi connectivity index (χ0) is 28.8. The predicted molar refractivity (Wildman–Crippen MR) is 180 cm³/mol. The highest BCUT2D eigenvalue weighted by Crippen LogP contribution is 2.39. The molecule has 7 nitrogen and oxygen atoms in total. The molecule has 10 heteroatoms. The third kappa shape index (κ3) is 5.09. The van der Waals surface area contributed by atoms with E-state index in [1.54, 1.807) is 11.3 Å². The van der Waals surface area contributed by atoms with E-state index < -0.39 is 0 Å². The number of benzene rings is 1. The van der Waals surface area contributed by atoms with Crippen LogP contribution in [0.2, 0.25) is 0 Å². The van der Waals surface area contributed by atoms with E-state index in [4.69, 9.17) is 33.8 Å². The number of thiocarbonyl (C=S) groups is 1. The molecule has 0 amide bonds. The molecule has 0 atom stereocenters. The van der Waals surface area contributed by atoms with Crippen molar-refractivity contribution in [2.75, 3.05) is 37.4 Å². The smallest absolute Gasteiger partial charge is 0.229 e. The number of fused-ring (bicyclic) bond motifs is 2. The van der Waals surface area contributed by atoms with Gasteiger partial charge in [0.1, 0.15) is 10.6 Å². The Labute approximate surface area is 260 Å². The molecule has 4 aromatic heterocycles. The van der Waals surface area contributed by atoms with Gasteiger partial charge in [-0.2, -0.15) is 4.98 Å². The van der Waals surface area contributed by atoms with Crippen molar-refractivity contribution >= 4 is 79.6 Å². The van der Waals surface area contributed by atoms with Crippen molar-refractivity contribution in [3.8, 4) is 11.1 Å². The fourth-order valence-electron chi connectivity index (χ4n) is 6.26. The van der Waals surface area contributed by atoms with Crippen LogP contribution in [0.1, 0.15) is 56.7 Å².